The zero-order valence-corrected chi connectivity index (χ0v) is 11.7. The van der Waals surface area contributed by atoms with Crippen LogP contribution in [0.2, 0.25) is 0 Å². The van der Waals surface area contributed by atoms with Crippen LogP contribution in [0.1, 0.15) is 36.1 Å². The Balaban J connectivity index is 2.52. The zero-order valence-electron chi connectivity index (χ0n) is 10.1. The number of hydrogen-bond acceptors (Lipinski definition) is 2. The van der Waals surface area contributed by atoms with E-state index in [0.29, 0.717) is 5.41 Å². The van der Waals surface area contributed by atoms with Gasteiger partial charge >= 0.3 is 0 Å². The highest BCUT2D eigenvalue weighted by Crippen LogP contribution is 2.39. The van der Waals surface area contributed by atoms with Gasteiger partial charge in [-0.25, -0.2) is 0 Å². The third-order valence-corrected chi connectivity index (χ3v) is 4.82. The van der Waals surface area contributed by atoms with E-state index in [2.05, 4.69) is 40.7 Å². The molecule has 0 N–H and O–H groups in total. The molecule has 2 heteroatoms. The van der Waals surface area contributed by atoms with Crippen LogP contribution in [0.4, 0.5) is 0 Å². The first-order valence-corrected chi connectivity index (χ1v) is 6.98. The summed E-state index contributed by atoms with van der Waals surface area (Å²) in [6.45, 7) is 11.4. The largest absolute Gasteiger partial charge is 0.139 e. The fourth-order valence-corrected chi connectivity index (χ4v) is 4.37. The molecule has 0 nitrogen and oxygen atoms in total. The monoisotopic (exact) mass is 238 g/mol. The quantitative estimate of drug-likeness (QED) is 0.643. The van der Waals surface area contributed by atoms with Crippen molar-refractivity contribution in [3.63, 3.8) is 0 Å². The lowest BCUT2D eigenvalue weighted by atomic mass is 9.88. The summed E-state index contributed by atoms with van der Waals surface area (Å²) in [6.07, 6.45) is 1.19. The van der Waals surface area contributed by atoms with Crippen LogP contribution < -0.4 is 0 Å². The maximum absolute atomic E-state index is 2.32. The van der Waals surface area contributed by atoms with Gasteiger partial charge in [0, 0.05) is 19.2 Å². The van der Waals surface area contributed by atoms with Gasteiger partial charge in [-0.1, -0.05) is 20.8 Å². The predicted molar refractivity (Wildman–Crippen MR) is 72.3 cm³/mol. The van der Waals surface area contributed by atoms with Crippen molar-refractivity contribution in [2.24, 2.45) is 5.41 Å². The first-order chi connectivity index (χ1) is 6.87. The van der Waals surface area contributed by atoms with Gasteiger partial charge in [-0.2, -0.15) is 0 Å². The molecule has 0 unspecified atom stereocenters. The molecule has 0 fully saturated rings. The van der Waals surface area contributed by atoms with E-state index >= 15 is 0 Å². The Morgan fingerprint density at radius 3 is 2.40 bits per heavy atom. The maximum atomic E-state index is 2.32. The van der Waals surface area contributed by atoms with Crippen molar-refractivity contribution in [3.05, 3.63) is 21.4 Å². The molecule has 0 aliphatic rings. The van der Waals surface area contributed by atoms with E-state index in [9.17, 15) is 0 Å². The topological polar surface area (TPSA) is 0 Å². The van der Waals surface area contributed by atoms with Crippen molar-refractivity contribution >= 4 is 32.1 Å². The zero-order chi connectivity index (χ0) is 11.2. The third kappa shape index (κ3) is 2.26. The Kier molecular flexibility index (Phi) is 2.68. The Bertz CT molecular complexity index is 480. The molecule has 0 atom stereocenters. The smallest absolute Gasteiger partial charge is 0.0488 e. The summed E-state index contributed by atoms with van der Waals surface area (Å²) in [4.78, 5) is 2.94. The van der Waals surface area contributed by atoms with E-state index in [4.69, 9.17) is 0 Å². The number of thiophene rings is 2. The van der Waals surface area contributed by atoms with Gasteiger partial charge in [0.25, 0.3) is 0 Å². The molecule has 0 radical (unpaired) electrons. The van der Waals surface area contributed by atoms with Crippen molar-refractivity contribution in [2.75, 3.05) is 0 Å². The lowest BCUT2D eigenvalue weighted by Gasteiger charge is -2.17. The van der Waals surface area contributed by atoms with E-state index in [-0.39, 0.29) is 0 Å². The second-order valence-electron chi connectivity index (χ2n) is 5.42. The van der Waals surface area contributed by atoms with Crippen molar-refractivity contribution < 1.29 is 0 Å². The van der Waals surface area contributed by atoms with Gasteiger partial charge in [0.05, 0.1) is 0 Å². The fraction of sp³-hybridized carbons (Fsp3) is 0.538. The molecule has 2 aromatic heterocycles. The number of hydrogen-bond donors (Lipinski definition) is 0. The molecule has 82 valence electrons. The molecule has 2 heterocycles. The van der Waals surface area contributed by atoms with Crippen molar-refractivity contribution in [1.82, 2.24) is 0 Å². The maximum Gasteiger partial charge on any atom is 0.0488 e. The van der Waals surface area contributed by atoms with E-state index in [1.807, 2.05) is 22.7 Å². The Morgan fingerprint density at radius 1 is 1.13 bits per heavy atom. The standard InChI is InChI=1S/C13H18S2/c1-8-6-11-12(14-8)10(9(2)15-11)7-13(3,4)5/h6H,7H2,1-5H3. The summed E-state index contributed by atoms with van der Waals surface area (Å²) >= 11 is 3.90. The molecule has 0 spiro atoms. The van der Waals surface area contributed by atoms with Crippen LogP contribution in [0, 0.1) is 19.3 Å². The average molecular weight is 238 g/mol. The van der Waals surface area contributed by atoms with Crippen LogP contribution in [0.3, 0.4) is 0 Å². The molecule has 15 heavy (non-hydrogen) atoms. The normalized spacial score (nSPS) is 12.6. The lowest BCUT2D eigenvalue weighted by Crippen LogP contribution is -2.09. The molecule has 0 bridgehead atoms. The fourth-order valence-electron chi connectivity index (χ4n) is 1.90. The lowest BCUT2D eigenvalue weighted by molar-refractivity contribution is 0.412. The predicted octanol–water partition coefficient (Wildman–Crippen LogP) is 5.17. The SMILES string of the molecule is Cc1cc2sc(C)c(CC(C)(C)C)c2s1. The summed E-state index contributed by atoms with van der Waals surface area (Å²) in [5, 5.41) is 0. The van der Waals surface area contributed by atoms with E-state index in [1.54, 1.807) is 5.56 Å². The highest BCUT2D eigenvalue weighted by Gasteiger charge is 2.18. The van der Waals surface area contributed by atoms with E-state index in [0.717, 1.165) is 0 Å². The Labute approximate surface area is 99.9 Å². The van der Waals surface area contributed by atoms with Gasteiger partial charge in [0.1, 0.15) is 0 Å². The molecule has 0 saturated heterocycles. The molecule has 2 rings (SSSR count). The summed E-state index contributed by atoms with van der Waals surface area (Å²) in [7, 11) is 0. The van der Waals surface area contributed by atoms with Crippen LogP contribution in [0.5, 0.6) is 0 Å². The molecular weight excluding hydrogens is 220 g/mol. The minimum atomic E-state index is 0.386. The first-order valence-electron chi connectivity index (χ1n) is 5.35. The molecule has 0 aliphatic carbocycles. The summed E-state index contributed by atoms with van der Waals surface area (Å²) in [5.74, 6) is 0. The first kappa shape index (κ1) is 11.2. The van der Waals surface area contributed by atoms with Crippen LogP contribution in [-0.4, -0.2) is 0 Å². The second kappa shape index (κ2) is 3.60. The van der Waals surface area contributed by atoms with Crippen LogP contribution in [0.15, 0.2) is 6.07 Å². The number of aryl methyl sites for hydroxylation is 2. The van der Waals surface area contributed by atoms with Gasteiger partial charge in [-0.15, -0.1) is 22.7 Å². The molecule has 0 aromatic carbocycles. The highest BCUT2D eigenvalue weighted by molar-refractivity contribution is 7.28. The average Bonchev–Trinajstić information content (AvgIpc) is 2.50. The second-order valence-corrected chi connectivity index (χ2v) is 7.94. The van der Waals surface area contributed by atoms with Crippen LogP contribution >= 0.6 is 22.7 Å². The summed E-state index contributed by atoms with van der Waals surface area (Å²) < 4.78 is 3.01. The molecule has 0 saturated carbocycles. The van der Waals surface area contributed by atoms with Crippen LogP contribution in [0.25, 0.3) is 9.40 Å². The summed E-state index contributed by atoms with van der Waals surface area (Å²) in [6, 6.07) is 2.32. The van der Waals surface area contributed by atoms with Gasteiger partial charge in [0.15, 0.2) is 0 Å². The van der Waals surface area contributed by atoms with Crippen molar-refractivity contribution in [1.29, 1.82) is 0 Å². The van der Waals surface area contributed by atoms with Crippen LogP contribution in [-0.2, 0) is 6.42 Å². The number of rotatable bonds is 1. The van der Waals surface area contributed by atoms with Gasteiger partial charge in [-0.05, 0) is 37.3 Å². The van der Waals surface area contributed by atoms with E-state index < -0.39 is 0 Å². The van der Waals surface area contributed by atoms with Gasteiger partial charge in [0.2, 0.25) is 0 Å². The molecule has 0 amide bonds. The molecule has 2 aromatic rings. The Morgan fingerprint density at radius 2 is 1.80 bits per heavy atom. The third-order valence-electron chi connectivity index (χ3n) is 2.49. The molecular formula is C13H18S2. The van der Waals surface area contributed by atoms with Crippen molar-refractivity contribution in [2.45, 2.75) is 41.0 Å². The minimum Gasteiger partial charge on any atom is -0.139 e. The van der Waals surface area contributed by atoms with Crippen molar-refractivity contribution in [3.8, 4) is 0 Å². The highest BCUT2D eigenvalue weighted by atomic mass is 32.1. The Hall–Kier alpha value is -0.340. The van der Waals surface area contributed by atoms with Gasteiger partial charge in [-0.3, -0.25) is 0 Å². The molecule has 0 aliphatic heterocycles. The number of fused-ring (bicyclic) bond motifs is 1. The summed E-state index contributed by atoms with van der Waals surface area (Å²) in [5.41, 5.74) is 1.97. The van der Waals surface area contributed by atoms with E-state index in [1.165, 1.54) is 25.6 Å². The van der Waals surface area contributed by atoms with Gasteiger partial charge < -0.3 is 0 Å². The minimum absolute atomic E-state index is 0.386.